The minimum atomic E-state index is -3.70. The Morgan fingerprint density at radius 2 is 1.83 bits per heavy atom. The average Bonchev–Trinajstić information content (AvgIpc) is 2.56. The van der Waals surface area contributed by atoms with Crippen LogP contribution in [0.4, 0.5) is 0 Å². The maximum absolute atomic E-state index is 12.7. The molecule has 0 bridgehead atoms. The number of rotatable bonds is 6. The van der Waals surface area contributed by atoms with Crippen LogP contribution in [0.2, 0.25) is 5.02 Å². The van der Waals surface area contributed by atoms with E-state index >= 15 is 0 Å². The normalized spacial score (nSPS) is 16.3. The predicted molar refractivity (Wildman–Crippen MR) is 95.9 cm³/mol. The minimum absolute atomic E-state index is 0.0100. The van der Waals surface area contributed by atoms with Crippen molar-refractivity contribution in [2.24, 2.45) is 0 Å². The number of hydrogen-bond acceptors (Lipinski definition) is 3. The fourth-order valence-corrected chi connectivity index (χ4v) is 5.02. The summed E-state index contributed by atoms with van der Waals surface area (Å²) in [5, 5.41) is 3.14. The van der Waals surface area contributed by atoms with Crippen LogP contribution in [0.3, 0.4) is 0 Å². The van der Waals surface area contributed by atoms with Crippen molar-refractivity contribution in [1.82, 2.24) is 9.62 Å². The smallest absolute Gasteiger partial charge is 0.251 e. The Morgan fingerprint density at radius 3 is 2.42 bits per heavy atom. The van der Waals surface area contributed by atoms with E-state index in [-0.39, 0.29) is 21.9 Å². The van der Waals surface area contributed by atoms with Crippen molar-refractivity contribution in [3.63, 3.8) is 0 Å². The van der Waals surface area contributed by atoms with Crippen molar-refractivity contribution < 1.29 is 13.2 Å². The third kappa shape index (κ3) is 4.29. The van der Waals surface area contributed by atoms with Gasteiger partial charge in [-0.05, 0) is 31.0 Å². The lowest BCUT2D eigenvalue weighted by molar-refractivity contribution is 0.0927. The van der Waals surface area contributed by atoms with Gasteiger partial charge in [-0.3, -0.25) is 4.79 Å². The highest BCUT2D eigenvalue weighted by atomic mass is 35.5. The van der Waals surface area contributed by atoms with Crippen molar-refractivity contribution in [2.45, 2.75) is 56.9 Å². The fourth-order valence-electron chi connectivity index (χ4n) is 3.06. The molecule has 0 spiro atoms. The molecule has 0 radical (unpaired) electrons. The molecule has 134 valence electrons. The minimum Gasteiger partial charge on any atom is -0.349 e. The highest BCUT2D eigenvalue weighted by Gasteiger charge is 2.26. The SMILES string of the molecule is CCN(CC)S(=O)(=O)c1cc(C(=O)NC2CCCCC2)ccc1Cl. The van der Waals surface area contributed by atoms with Gasteiger partial charge in [-0.25, -0.2) is 8.42 Å². The maximum Gasteiger partial charge on any atom is 0.251 e. The highest BCUT2D eigenvalue weighted by Crippen LogP contribution is 2.26. The molecule has 0 unspecified atom stereocenters. The first-order valence-corrected chi connectivity index (χ1v) is 10.3. The Balaban J connectivity index is 2.26. The van der Waals surface area contributed by atoms with Crippen molar-refractivity contribution >= 4 is 27.5 Å². The fraction of sp³-hybridized carbons (Fsp3) is 0.588. The van der Waals surface area contributed by atoms with Gasteiger partial charge in [-0.15, -0.1) is 0 Å². The van der Waals surface area contributed by atoms with Gasteiger partial charge < -0.3 is 5.32 Å². The van der Waals surface area contributed by atoms with Crippen LogP contribution in [0.1, 0.15) is 56.3 Å². The summed E-state index contributed by atoms with van der Waals surface area (Å²) in [6, 6.07) is 4.61. The van der Waals surface area contributed by atoms with Gasteiger partial charge in [0.05, 0.1) is 5.02 Å². The van der Waals surface area contributed by atoms with Gasteiger partial charge in [0, 0.05) is 24.7 Å². The summed E-state index contributed by atoms with van der Waals surface area (Å²) in [5.74, 6) is -0.241. The zero-order chi connectivity index (χ0) is 17.7. The molecule has 2 rings (SSSR count). The van der Waals surface area contributed by atoms with E-state index in [0.29, 0.717) is 18.7 Å². The Labute approximate surface area is 149 Å². The molecule has 0 heterocycles. The van der Waals surface area contributed by atoms with Crippen LogP contribution < -0.4 is 5.32 Å². The van der Waals surface area contributed by atoms with Crippen molar-refractivity contribution in [3.8, 4) is 0 Å². The van der Waals surface area contributed by atoms with Gasteiger partial charge in [0.1, 0.15) is 4.90 Å². The highest BCUT2D eigenvalue weighted by molar-refractivity contribution is 7.89. The third-order valence-corrected chi connectivity index (χ3v) is 6.99. The van der Waals surface area contributed by atoms with Crippen molar-refractivity contribution in [3.05, 3.63) is 28.8 Å². The zero-order valence-corrected chi connectivity index (χ0v) is 15.8. The van der Waals surface area contributed by atoms with Crippen LogP contribution in [-0.2, 0) is 10.0 Å². The second kappa shape index (κ2) is 8.32. The molecule has 1 N–H and O–H groups in total. The van der Waals surface area contributed by atoms with E-state index in [4.69, 9.17) is 11.6 Å². The van der Waals surface area contributed by atoms with Crippen LogP contribution >= 0.6 is 11.6 Å². The zero-order valence-electron chi connectivity index (χ0n) is 14.2. The van der Waals surface area contributed by atoms with Gasteiger partial charge in [0.2, 0.25) is 10.0 Å². The molecule has 0 saturated heterocycles. The number of nitrogens with one attached hydrogen (secondary N) is 1. The predicted octanol–water partition coefficient (Wildman–Crippen LogP) is 3.43. The molecule has 1 amide bonds. The molecule has 0 aliphatic heterocycles. The molecule has 24 heavy (non-hydrogen) atoms. The summed E-state index contributed by atoms with van der Waals surface area (Å²) in [6.45, 7) is 4.25. The average molecular weight is 373 g/mol. The summed E-state index contributed by atoms with van der Waals surface area (Å²) < 4.78 is 26.7. The Morgan fingerprint density at radius 1 is 1.21 bits per heavy atom. The number of nitrogens with zero attached hydrogens (tertiary/aromatic N) is 1. The summed E-state index contributed by atoms with van der Waals surface area (Å²) in [4.78, 5) is 12.4. The Hall–Kier alpha value is -1.11. The monoisotopic (exact) mass is 372 g/mol. The number of hydrogen-bond donors (Lipinski definition) is 1. The molecule has 5 nitrogen and oxygen atoms in total. The first-order chi connectivity index (χ1) is 11.4. The van der Waals surface area contributed by atoms with E-state index in [1.54, 1.807) is 19.9 Å². The quantitative estimate of drug-likeness (QED) is 0.831. The topological polar surface area (TPSA) is 66.5 Å². The van der Waals surface area contributed by atoms with E-state index in [2.05, 4.69) is 5.32 Å². The molecule has 0 aromatic heterocycles. The standard InChI is InChI=1S/C17H25ClN2O3S/c1-3-20(4-2)24(22,23)16-12-13(10-11-15(16)18)17(21)19-14-8-6-5-7-9-14/h10-12,14H,3-9H2,1-2H3,(H,19,21). The van der Waals surface area contributed by atoms with Gasteiger partial charge in [-0.1, -0.05) is 44.7 Å². The lowest BCUT2D eigenvalue weighted by Gasteiger charge is -2.23. The number of carbonyl (C=O) groups is 1. The van der Waals surface area contributed by atoms with Gasteiger partial charge in [0.15, 0.2) is 0 Å². The lowest BCUT2D eigenvalue weighted by atomic mass is 9.95. The molecule has 0 atom stereocenters. The first kappa shape index (κ1) is 19.2. The summed E-state index contributed by atoms with van der Waals surface area (Å²) in [5.41, 5.74) is 0.329. The largest absolute Gasteiger partial charge is 0.349 e. The van der Waals surface area contributed by atoms with Crippen LogP contribution in [-0.4, -0.2) is 37.8 Å². The summed E-state index contributed by atoms with van der Waals surface area (Å²) >= 11 is 6.10. The molecule has 1 aromatic rings. The van der Waals surface area contributed by atoms with E-state index in [0.717, 1.165) is 25.7 Å². The van der Waals surface area contributed by atoms with Crippen LogP contribution in [0.5, 0.6) is 0 Å². The van der Waals surface area contributed by atoms with E-state index in [1.807, 2.05) is 0 Å². The summed E-state index contributed by atoms with van der Waals surface area (Å²) in [6.07, 6.45) is 5.40. The second-order valence-electron chi connectivity index (χ2n) is 6.04. The maximum atomic E-state index is 12.7. The number of sulfonamides is 1. The molecule has 1 saturated carbocycles. The van der Waals surface area contributed by atoms with Crippen LogP contribution in [0, 0.1) is 0 Å². The molecule has 1 fully saturated rings. The first-order valence-electron chi connectivity index (χ1n) is 8.50. The van der Waals surface area contributed by atoms with Crippen LogP contribution in [0.15, 0.2) is 23.1 Å². The number of halogens is 1. The van der Waals surface area contributed by atoms with Gasteiger partial charge >= 0.3 is 0 Å². The lowest BCUT2D eigenvalue weighted by Crippen LogP contribution is -2.36. The van der Waals surface area contributed by atoms with Crippen molar-refractivity contribution in [1.29, 1.82) is 0 Å². The Kier molecular flexibility index (Phi) is 6.66. The van der Waals surface area contributed by atoms with Crippen LogP contribution in [0.25, 0.3) is 0 Å². The summed E-state index contributed by atoms with van der Waals surface area (Å²) in [7, 11) is -3.70. The third-order valence-electron chi connectivity index (χ3n) is 4.46. The Bertz CT molecular complexity index is 681. The second-order valence-corrected chi connectivity index (χ2v) is 8.36. The van der Waals surface area contributed by atoms with E-state index < -0.39 is 10.0 Å². The van der Waals surface area contributed by atoms with Gasteiger partial charge in [0.25, 0.3) is 5.91 Å². The number of benzene rings is 1. The number of amides is 1. The molecular formula is C17H25ClN2O3S. The molecule has 1 aliphatic carbocycles. The number of carbonyl (C=O) groups excluding carboxylic acids is 1. The molecule has 7 heteroatoms. The van der Waals surface area contributed by atoms with Crippen molar-refractivity contribution in [2.75, 3.05) is 13.1 Å². The van der Waals surface area contributed by atoms with E-state index in [9.17, 15) is 13.2 Å². The molecular weight excluding hydrogens is 348 g/mol. The molecule has 1 aromatic carbocycles. The van der Waals surface area contributed by atoms with Gasteiger partial charge in [-0.2, -0.15) is 4.31 Å². The van der Waals surface area contributed by atoms with E-state index in [1.165, 1.54) is 22.9 Å². The molecule has 1 aliphatic rings.